The van der Waals surface area contributed by atoms with Gasteiger partial charge in [0.25, 0.3) is 0 Å². The molecule has 33 heteroatoms. The van der Waals surface area contributed by atoms with E-state index in [1.165, 1.54) is 32.0 Å². The molecule has 530 valence electrons. The Hall–Kier alpha value is -8.96. The lowest BCUT2D eigenvalue weighted by molar-refractivity contribution is -0.333. The number of amides is 7. The van der Waals surface area contributed by atoms with Crippen molar-refractivity contribution in [1.82, 2.24) is 31.9 Å². The molecule has 5 aromatic rings. The minimum absolute atomic E-state index is 0.0315. The van der Waals surface area contributed by atoms with E-state index in [1.807, 2.05) is 13.8 Å². The predicted molar refractivity (Wildman–Crippen MR) is 344 cm³/mol. The lowest BCUT2D eigenvalue weighted by Gasteiger charge is -2.47. The van der Waals surface area contributed by atoms with Gasteiger partial charge in [-0.3, -0.25) is 33.6 Å². The average molecular weight is 1420 g/mol. The maximum atomic E-state index is 16.0. The lowest BCUT2D eigenvalue weighted by Crippen LogP contribution is -2.64. The van der Waals surface area contributed by atoms with Crippen LogP contribution in [0.2, 0.25) is 10.0 Å². The summed E-state index contributed by atoms with van der Waals surface area (Å²) in [6.07, 6.45) is -18.0. The number of aldehydes is 1. The molecule has 12 rings (SSSR count). The standard InChI is InChI=1S/C66H74Cl2N8O23/c1-24(2)12-25(3)59(88)75-50-52(83)28-7-10-40(34(67)14-28)95-42-16-30-17-43(56(42)99-65-57(55(86)54(85)44(23-78)97-65)98-46-21-66(5,70)58(87)26(4)94-46)96-41-11-8-29(15-35(41)68)53(84)51-64(93)72-37(22-77)32-18-31(79)19-39(81)47(32)33-13-27(6-9-38(33)80)48(61(90)76-51)74-62(91)49(30)73-60(89)36(20-45(69)82)71-63(50)92/h6-11,13-19,22,24-26,36-37,44,46,48-55,57-58,65,78-81,83-87H,12,20-21,23,70H2,1-5H3,(H2,69,82)(H,71,92)(H,72,93)(H,73,89)(H,74,91)(H,75,88)(H,76,90)/t25-,26?,36+,37-,44?,46?,48-,49-,50-,51-,52-,53-,54?,55?,57?,58?,65?,66?/m1/s1. The highest BCUT2D eigenvalue weighted by Crippen LogP contribution is 2.50. The first-order valence-corrected chi connectivity index (χ1v) is 32.0. The molecule has 7 aliphatic rings. The van der Waals surface area contributed by atoms with E-state index in [2.05, 4.69) is 31.9 Å². The van der Waals surface area contributed by atoms with Gasteiger partial charge in [0.05, 0.1) is 35.3 Å². The van der Waals surface area contributed by atoms with Crippen molar-refractivity contribution in [3.8, 4) is 57.1 Å². The molecule has 99 heavy (non-hydrogen) atoms. The van der Waals surface area contributed by atoms with Gasteiger partial charge in [-0.1, -0.05) is 62.2 Å². The fourth-order valence-electron chi connectivity index (χ4n) is 12.5. The van der Waals surface area contributed by atoms with E-state index in [0.717, 1.165) is 60.7 Å². The summed E-state index contributed by atoms with van der Waals surface area (Å²) in [7, 11) is 0. The number of hydrogen-bond donors (Lipinski definition) is 17. The molecule has 31 nitrogen and oxygen atoms in total. The van der Waals surface area contributed by atoms with Gasteiger partial charge in [0.1, 0.15) is 102 Å². The minimum atomic E-state index is -2.31. The summed E-state index contributed by atoms with van der Waals surface area (Å²) in [5.41, 5.74) is 8.69. The summed E-state index contributed by atoms with van der Waals surface area (Å²) >= 11 is 14.1. The Bertz CT molecular complexity index is 4000. The van der Waals surface area contributed by atoms with Crippen molar-refractivity contribution in [2.75, 3.05) is 6.61 Å². The van der Waals surface area contributed by atoms with Crippen LogP contribution in [0.1, 0.15) is 112 Å². The van der Waals surface area contributed by atoms with Crippen molar-refractivity contribution in [1.29, 1.82) is 0 Å². The Balaban J connectivity index is 1.24. The van der Waals surface area contributed by atoms with Crippen LogP contribution in [0.15, 0.2) is 78.9 Å². The SMILES string of the molecule is CC(C)C[C@@H](C)C(=O)N[C@H]1C(=O)N[C@@H](CC(N)=O)C(=O)N[C@H]2C(=O)N[C@H]3C(=O)N[C@@H](C(=O)N[C@H](C=O)c4cc(O)cc(O)c4-c4cc3ccc4O)[C@H](O)c3ccc(c(Cl)c3)Oc3cc2cc(c3OC2OC(CO)C(O)C(O)C2OC2CC(C)(N)C(O)C(C)O2)Oc2ccc(cc2Cl)[C@H]1O. The first-order chi connectivity index (χ1) is 46.7. The Morgan fingerprint density at radius 1 is 0.717 bits per heavy atom. The van der Waals surface area contributed by atoms with Gasteiger partial charge in [0.15, 0.2) is 23.9 Å². The van der Waals surface area contributed by atoms with E-state index in [4.69, 9.17) is 63.1 Å². The molecule has 5 aromatic carbocycles. The Kier molecular flexibility index (Phi) is 21.7. The molecule has 19 N–H and O–H groups in total. The number of aliphatic hydroxyl groups excluding tert-OH is 6. The highest BCUT2D eigenvalue weighted by atomic mass is 35.5. The van der Waals surface area contributed by atoms with Gasteiger partial charge >= 0.3 is 0 Å². The van der Waals surface area contributed by atoms with Crippen molar-refractivity contribution in [2.24, 2.45) is 23.3 Å². The van der Waals surface area contributed by atoms with E-state index >= 15 is 14.4 Å². The number of hydrogen-bond acceptors (Lipinski definition) is 24. The normalized spacial score (nSPS) is 29.8. The monoisotopic (exact) mass is 1420 g/mol. The number of carbonyl (C=O) groups is 8. The number of nitrogens with two attached hydrogens (primary N) is 2. The van der Waals surface area contributed by atoms with Gasteiger partial charge in [0.2, 0.25) is 53.4 Å². The van der Waals surface area contributed by atoms with Crippen LogP contribution >= 0.6 is 23.2 Å². The molecule has 7 amide bonds. The molecule has 2 saturated heterocycles. The molecule has 0 aromatic heterocycles. The van der Waals surface area contributed by atoms with Gasteiger partial charge in [-0.2, -0.15) is 0 Å². The number of aromatic hydroxyl groups is 3. The number of phenols is 3. The van der Waals surface area contributed by atoms with Gasteiger partial charge in [0, 0.05) is 35.1 Å². The third-order valence-electron chi connectivity index (χ3n) is 17.6. The minimum Gasteiger partial charge on any atom is -0.508 e. The molecule has 18 atom stereocenters. The van der Waals surface area contributed by atoms with E-state index < -0.39 is 209 Å². The highest BCUT2D eigenvalue weighted by molar-refractivity contribution is 6.32. The Morgan fingerprint density at radius 2 is 1.32 bits per heavy atom. The number of benzene rings is 5. The first kappa shape index (κ1) is 72.8. The van der Waals surface area contributed by atoms with E-state index in [-0.39, 0.29) is 68.5 Å². The van der Waals surface area contributed by atoms with E-state index in [1.54, 1.807) is 6.92 Å². The number of rotatable bonds is 12. The van der Waals surface area contributed by atoms with Crippen molar-refractivity contribution in [3.05, 3.63) is 117 Å². The quantitative estimate of drug-likeness (QED) is 0.0782. The van der Waals surface area contributed by atoms with Crippen LogP contribution in [-0.2, 0) is 52.6 Å². The van der Waals surface area contributed by atoms with Gasteiger partial charge in [-0.25, -0.2) is 0 Å². The van der Waals surface area contributed by atoms with Crippen LogP contribution in [0, 0.1) is 11.8 Å². The van der Waals surface area contributed by atoms with Crippen LogP contribution in [0.25, 0.3) is 11.1 Å². The molecular formula is C66H74Cl2N8O23. The van der Waals surface area contributed by atoms with Gasteiger partial charge < -0.3 is 123 Å². The average Bonchev–Trinajstić information content (AvgIpc) is 0.772. The second-order valence-electron chi connectivity index (χ2n) is 25.6. The molecule has 7 heterocycles. The van der Waals surface area contributed by atoms with Crippen LogP contribution in [-0.4, -0.2) is 173 Å². The molecule has 0 aliphatic carbocycles. The molecule has 0 radical (unpaired) electrons. The summed E-state index contributed by atoms with van der Waals surface area (Å²) in [5, 5.41) is 117. The number of phenolic OH excluding ortho intramolecular Hbond substituents is 3. The highest BCUT2D eigenvalue weighted by Gasteiger charge is 2.51. The molecule has 2 fully saturated rings. The first-order valence-electron chi connectivity index (χ1n) is 31.3. The number of fused-ring (bicyclic) bond motifs is 15. The third kappa shape index (κ3) is 15.4. The smallest absolute Gasteiger partial charge is 0.248 e. The molecule has 7 aliphatic heterocycles. The van der Waals surface area contributed by atoms with Crippen LogP contribution in [0.5, 0.6) is 46.0 Å². The molecule has 0 spiro atoms. The third-order valence-corrected chi connectivity index (χ3v) is 18.2. The molecule has 0 saturated carbocycles. The number of primary amides is 1. The summed E-state index contributed by atoms with van der Waals surface area (Å²) in [4.78, 5) is 116. The van der Waals surface area contributed by atoms with Crippen molar-refractivity contribution < 1.29 is 113 Å². The topological polar surface area (TPSA) is 498 Å². The zero-order valence-electron chi connectivity index (χ0n) is 53.5. The van der Waals surface area contributed by atoms with E-state index in [9.17, 15) is 69.9 Å². The predicted octanol–water partition coefficient (Wildman–Crippen LogP) is 1.27. The van der Waals surface area contributed by atoms with Crippen molar-refractivity contribution >= 4 is 70.8 Å². The van der Waals surface area contributed by atoms with Gasteiger partial charge in [-0.05, 0) is 109 Å². The molecular weight excluding hydrogens is 1340 g/mol. The summed E-state index contributed by atoms with van der Waals surface area (Å²) in [6, 6.07) is 1.66. The largest absolute Gasteiger partial charge is 0.508 e. The van der Waals surface area contributed by atoms with Crippen molar-refractivity contribution in [2.45, 2.75) is 157 Å². The van der Waals surface area contributed by atoms with Gasteiger partial charge in [-0.15, -0.1) is 0 Å². The zero-order valence-corrected chi connectivity index (χ0v) is 55.0. The second-order valence-corrected chi connectivity index (χ2v) is 26.4. The maximum Gasteiger partial charge on any atom is 0.248 e. The number of ether oxygens (including phenoxy) is 6. The number of halogens is 2. The van der Waals surface area contributed by atoms with Crippen LogP contribution in [0.4, 0.5) is 0 Å². The maximum absolute atomic E-state index is 16.0. The molecule has 9 unspecified atom stereocenters. The summed E-state index contributed by atoms with van der Waals surface area (Å²) in [5.74, 6) is -14.0. The van der Waals surface area contributed by atoms with Crippen LogP contribution in [0.3, 0.4) is 0 Å². The second kappa shape index (κ2) is 29.5. The van der Waals surface area contributed by atoms with Crippen LogP contribution < -0.4 is 57.6 Å². The summed E-state index contributed by atoms with van der Waals surface area (Å²) < 4.78 is 38.3. The number of nitrogens with one attached hydrogen (secondary N) is 6. The fraction of sp³-hybridized carbons (Fsp3) is 0.424. The zero-order chi connectivity index (χ0) is 72.0. The fourth-order valence-corrected chi connectivity index (χ4v) is 12.9. The molecule has 11 bridgehead atoms. The lowest BCUT2D eigenvalue weighted by atomic mass is 9.86. The Morgan fingerprint density at radius 3 is 1.92 bits per heavy atom. The Labute approximate surface area is 573 Å². The summed E-state index contributed by atoms with van der Waals surface area (Å²) in [6.45, 7) is 7.31. The number of aliphatic hydroxyl groups is 6. The van der Waals surface area contributed by atoms with E-state index in [0.29, 0.717) is 6.42 Å². The van der Waals surface area contributed by atoms with Crippen molar-refractivity contribution in [3.63, 3.8) is 0 Å². The number of carbonyl (C=O) groups excluding carboxylic acids is 8.